The highest BCUT2D eigenvalue weighted by Gasteiger charge is 2.46. The fraction of sp³-hybridized carbons (Fsp3) is 0.538. The molecule has 1 saturated heterocycles. The van der Waals surface area contributed by atoms with Crippen molar-refractivity contribution in [3.05, 3.63) is 45.0 Å². The van der Waals surface area contributed by atoms with Gasteiger partial charge < -0.3 is 24.0 Å². The van der Waals surface area contributed by atoms with Gasteiger partial charge in [0.2, 0.25) is 0 Å². The molecule has 1 fully saturated rings. The van der Waals surface area contributed by atoms with Crippen molar-refractivity contribution in [1.29, 1.82) is 0 Å². The molecule has 2 heterocycles. The number of H-pyrrole nitrogens is 1. The summed E-state index contributed by atoms with van der Waals surface area (Å²) in [4.78, 5) is 43.2. The second-order valence-corrected chi connectivity index (χ2v) is 6.54. The maximum atomic E-state index is 12.0. The summed E-state index contributed by atoms with van der Waals surface area (Å²) in [5, 5.41) is 0. The largest absolute Gasteiger partial charge is 0.374 e. The first-order valence-corrected chi connectivity index (χ1v) is 8.81. The van der Waals surface area contributed by atoms with Crippen LogP contribution in [0.3, 0.4) is 0 Å². The molecule has 0 spiro atoms. The van der Waals surface area contributed by atoms with E-state index in [1.807, 2.05) is 0 Å². The van der Waals surface area contributed by atoms with Crippen LogP contribution in [0.15, 0.2) is 33.7 Å². The maximum Gasteiger partial charge on any atom is 0.348 e. The summed E-state index contributed by atoms with van der Waals surface area (Å²) in [6.45, 7) is 2.05. The zero-order valence-electron chi connectivity index (χ0n) is 13.1. The van der Waals surface area contributed by atoms with E-state index in [0.717, 1.165) is 10.6 Å². The summed E-state index contributed by atoms with van der Waals surface area (Å²) in [5.41, 5.74) is -1.24. The van der Waals surface area contributed by atoms with Crippen LogP contribution in [0.1, 0.15) is 13.2 Å². The molecule has 0 aliphatic carbocycles. The number of nitrogens with one attached hydrogen (secondary N) is 1. The summed E-state index contributed by atoms with van der Waals surface area (Å²) in [5.74, 6) is 0.717. The van der Waals surface area contributed by atoms with Crippen LogP contribution < -0.4 is 11.2 Å². The number of aromatic amines is 1. The van der Waals surface area contributed by atoms with Crippen LogP contribution in [0.5, 0.6) is 0 Å². The maximum absolute atomic E-state index is 12.0. The smallest absolute Gasteiger partial charge is 0.348 e. The van der Waals surface area contributed by atoms with Gasteiger partial charge in [-0.1, -0.05) is 0 Å². The Kier molecular flexibility index (Phi) is 5.92. The minimum Gasteiger partial charge on any atom is -0.374 e. The Balaban J connectivity index is 2.38. The van der Waals surface area contributed by atoms with E-state index in [9.17, 15) is 14.2 Å². The standard InChI is InChI=1S/C13H19N2O8P/c1-3-22-10-8(5-7-24(18,19)20)23-12(11(10)21-2)15-6-4-9(16)14-13(15)17/h4-8,10-12H,3H2,1-2H3,(H,14,16,17)(H2,18,19,20)/b7-5+/t8-,10+,11+,12-/m1/s1. The number of methoxy groups -OCH3 is 1. The van der Waals surface area contributed by atoms with Crippen LogP contribution in [-0.4, -0.2) is 51.4 Å². The first kappa shape index (κ1) is 18.8. The molecule has 10 nitrogen and oxygen atoms in total. The van der Waals surface area contributed by atoms with Gasteiger partial charge in [-0.25, -0.2) is 4.79 Å². The normalized spacial score (nSPS) is 27.8. The van der Waals surface area contributed by atoms with Crippen molar-refractivity contribution in [3.8, 4) is 0 Å². The van der Waals surface area contributed by atoms with E-state index in [0.29, 0.717) is 12.4 Å². The van der Waals surface area contributed by atoms with Crippen LogP contribution in [0, 0.1) is 0 Å². The summed E-state index contributed by atoms with van der Waals surface area (Å²) in [6, 6.07) is 1.16. The average molecular weight is 362 g/mol. The predicted octanol–water partition coefficient (Wildman–Crippen LogP) is -0.454. The molecule has 1 aromatic heterocycles. The van der Waals surface area contributed by atoms with Crippen molar-refractivity contribution in [3.63, 3.8) is 0 Å². The number of aromatic nitrogens is 2. The van der Waals surface area contributed by atoms with Gasteiger partial charge in [0.1, 0.15) is 18.3 Å². The molecule has 24 heavy (non-hydrogen) atoms. The van der Waals surface area contributed by atoms with Crippen molar-refractivity contribution in [2.45, 2.75) is 31.5 Å². The van der Waals surface area contributed by atoms with E-state index >= 15 is 0 Å². The third kappa shape index (κ3) is 4.29. The van der Waals surface area contributed by atoms with Crippen molar-refractivity contribution in [1.82, 2.24) is 9.55 Å². The highest BCUT2D eigenvalue weighted by molar-refractivity contribution is 7.55. The summed E-state index contributed by atoms with van der Waals surface area (Å²) in [6.07, 6.45) is -0.736. The molecular weight excluding hydrogens is 343 g/mol. The Hall–Kier alpha value is -1.55. The summed E-state index contributed by atoms with van der Waals surface area (Å²) >= 11 is 0. The van der Waals surface area contributed by atoms with Gasteiger partial charge in [0.25, 0.3) is 5.56 Å². The molecule has 1 aromatic rings. The number of nitrogens with zero attached hydrogens (tertiary/aromatic N) is 1. The summed E-state index contributed by atoms with van der Waals surface area (Å²) < 4.78 is 28.8. The topological polar surface area (TPSA) is 140 Å². The lowest BCUT2D eigenvalue weighted by molar-refractivity contribution is -0.0594. The van der Waals surface area contributed by atoms with E-state index in [4.69, 9.17) is 24.0 Å². The minimum atomic E-state index is -4.37. The minimum absolute atomic E-state index is 0.307. The SMILES string of the molecule is CCO[C@@H]1[C@H](OC)[C@H](n2ccc(=O)[nH]c2=O)O[C@@H]1/C=C/P(=O)(O)O. The fourth-order valence-electron chi connectivity index (χ4n) is 2.50. The first-order chi connectivity index (χ1) is 11.3. The Morgan fingerprint density at radius 3 is 2.67 bits per heavy atom. The van der Waals surface area contributed by atoms with Gasteiger partial charge in [-0.05, 0) is 13.0 Å². The molecule has 3 N–H and O–H groups in total. The van der Waals surface area contributed by atoms with Gasteiger partial charge in [0.05, 0.1) is 0 Å². The molecule has 0 aromatic carbocycles. The zero-order chi connectivity index (χ0) is 17.9. The van der Waals surface area contributed by atoms with Crippen LogP contribution in [0.4, 0.5) is 0 Å². The van der Waals surface area contributed by atoms with Gasteiger partial charge in [0.15, 0.2) is 6.23 Å². The van der Waals surface area contributed by atoms with Gasteiger partial charge in [-0.3, -0.25) is 18.9 Å². The molecule has 1 aliphatic rings. The Labute approximate surface area is 136 Å². The number of rotatable bonds is 6. The second kappa shape index (κ2) is 7.56. The van der Waals surface area contributed by atoms with Crippen LogP contribution in [-0.2, 0) is 18.8 Å². The van der Waals surface area contributed by atoms with Gasteiger partial charge >= 0.3 is 13.3 Å². The molecule has 0 amide bonds. The molecule has 134 valence electrons. The van der Waals surface area contributed by atoms with E-state index < -0.39 is 43.4 Å². The third-order valence-corrected chi connectivity index (χ3v) is 4.01. The quantitative estimate of drug-likeness (QED) is 0.578. The molecule has 0 bridgehead atoms. The number of hydrogen-bond donors (Lipinski definition) is 3. The summed E-state index contributed by atoms with van der Waals surface area (Å²) in [7, 11) is -2.97. The van der Waals surface area contributed by atoms with Crippen molar-refractivity contribution >= 4 is 7.60 Å². The fourth-order valence-corrected chi connectivity index (χ4v) is 2.89. The van der Waals surface area contributed by atoms with Crippen molar-refractivity contribution in [2.75, 3.05) is 13.7 Å². The van der Waals surface area contributed by atoms with Gasteiger partial charge in [-0.2, -0.15) is 0 Å². The number of hydrogen-bond acceptors (Lipinski definition) is 6. The van der Waals surface area contributed by atoms with Crippen LogP contribution in [0.2, 0.25) is 0 Å². The van der Waals surface area contributed by atoms with Crippen LogP contribution in [0.25, 0.3) is 0 Å². The molecule has 0 saturated carbocycles. The molecule has 4 atom stereocenters. The van der Waals surface area contributed by atoms with Gasteiger partial charge in [-0.15, -0.1) is 0 Å². The van der Waals surface area contributed by atoms with E-state index in [1.54, 1.807) is 6.92 Å². The molecule has 0 unspecified atom stereocenters. The molecule has 2 rings (SSSR count). The van der Waals surface area contributed by atoms with Crippen molar-refractivity contribution in [2.24, 2.45) is 0 Å². The van der Waals surface area contributed by atoms with Crippen LogP contribution >= 0.6 is 7.60 Å². The zero-order valence-corrected chi connectivity index (χ0v) is 14.0. The monoisotopic (exact) mass is 362 g/mol. The Morgan fingerprint density at radius 2 is 2.12 bits per heavy atom. The first-order valence-electron chi connectivity index (χ1n) is 7.12. The average Bonchev–Trinajstić information content (AvgIpc) is 2.82. The van der Waals surface area contributed by atoms with E-state index in [2.05, 4.69) is 4.98 Å². The number of ether oxygens (including phenoxy) is 3. The molecule has 11 heteroatoms. The molecular formula is C13H19N2O8P. The lowest BCUT2D eigenvalue weighted by atomic mass is 10.1. The Bertz CT molecular complexity index is 751. The Morgan fingerprint density at radius 1 is 1.42 bits per heavy atom. The highest BCUT2D eigenvalue weighted by atomic mass is 31.2. The third-order valence-electron chi connectivity index (χ3n) is 3.45. The second-order valence-electron chi connectivity index (χ2n) is 5.06. The lowest BCUT2D eigenvalue weighted by Gasteiger charge is -2.22. The van der Waals surface area contributed by atoms with E-state index in [1.165, 1.54) is 19.4 Å². The van der Waals surface area contributed by atoms with E-state index in [-0.39, 0.29) is 0 Å². The molecule has 0 radical (unpaired) electrons. The van der Waals surface area contributed by atoms with Gasteiger partial charge in [0, 0.05) is 31.8 Å². The molecule has 1 aliphatic heterocycles. The lowest BCUT2D eigenvalue weighted by Crippen LogP contribution is -2.39. The highest BCUT2D eigenvalue weighted by Crippen LogP contribution is 2.39. The predicted molar refractivity (Wildman–Crippen MR) is 82.6 cm³/mol. The van der Waals surface area contributed by atoms with Crippen molar-refractivity contribution < 1.29 is 28.6 Å².